The van der Waals surface area contributed by atoms with E-state index in [2.05, 4.69) is 10.6 Å². The molecule has 0 radical (unpaired) electrons. The molecule has 1 aromatic rings. The van der Waals surface area contributed by atoms with E-state index in [9.17, 15) is 9.59 Å². The second kappa shape index (κ2) is 11.8. The summed E-state index contributed by atoms with van der Waals surface area (Å²) in [4.78, 5) is 24.7. The smallest absolute Gasteiger partial charge is 0.331 e. The monoisotopic (exact) mass is 468 g/mol. The minimum Gasteiger partial charge on any atom is -0.456 e. The summed E-state index contributed by atoms with van der Waals surface area (Å²) in [6.07, 6.45) is 10.5. The van der Waals surface area contributed by atoms with Crippen molar-refractivity contribution in [3.8, 4) is 0 Å². The molecule has 2 heterocycles. The fourth-order valence-corrected chi connectivity index (χ4v) is 4.83. The third kappa shape index (κ3) is 7.81. The normalized spacial score (nSPS) is 18.9. The lowest BCUT2D eigenvalue weighted by Crippen LogP contribution is -2.42. The Labute approximate surface area is 204 Å². The van der Waals surface area contributed by atoms with Crippen molar-refractivity contribution in [2.45, 2.75) is 64.6 Å². The fraction of sp³-hybridized carbons (Fsp3) is 0.571. The van der Waals surface area contributed by atoms with E-state index in [1.165, 1.54) is 12.2 Å². The molecule has 0 atom stereocenters. The van der Waals surface area contributed by atoms with Crippen molar-refractivity contribution in [3.63, 3.8) is 0 Å². The first-order chi connectivity index (χ1) is 16.2. The topological polar surface area (TPSA) is 76.7 Å². The number of hydrogen-bond donors (Lipinski definition) is 2. The van der Waals surface area contributed by atoms with E-state index in [0.29, 0.717) is 11.8 Å². The molecule has 2 N–H and O–H groups in total. The number of carbonyl (C=O) groups excluding carboxylic acids is 2. The second-order valence-electron chi connectivity index (χ2n) is 10.4. The van der Waals surface area contributed by atoms with Gasteiger partial charge in [-0.05, 0) is 103 Å². The van der Waals surface area contributed by atoms with Gasteiger partial charge in [-0.1, -0.05) is 24.3 Å². The second-order valence-corrected chi connectivity index (χ2v) is 10.4. The van der Waals surface area contributed by atoms with Crippen LogP contribution in [0.25, 0.3) is 12.2 Å². The van der Waals surface area contributed by atoms with Crippen molar-refractivity contribution in [3.05, 3.63) is 47.5 Å². The molecular weight excluding hydrogens is 428 g/mol. The van der Waals surface area contributed by atoms with E-state index >= 15 is 0 Å². The van der Waals surface area contributed by atoms with Crippen molar-refractivity contribution < 1.29 is 19.1 Å². The van der Waals surface area contributed by atoms with Gasteiger partial charge in [-0.3, -0.25) is 0 Å². The van der Waals surface area contributed by atoms with Gasteiger partial charge >= 0.3 is 11.9 Å². The van der Waals surface area contributed by atoms with Crippen LogP contribution in [-0.2, 0) is 19.1 Å². The number of esters is 2. The van der Waals surface area contributed by atoms with E-state index in [-0.39, 0.29) is 11.9 Å². The maximum atomic E-state index is 12.4. The molecule has 1 aromatic carbocycles. The molecule has 0 unspecified atom stereocenters. The van der Waals surface area contributed by atoms with Gasteiger partial charge in [0.15, 0.2) is 0 Å². The Kier molecular flexibility index (Phi) is 9.09. The van der Waals surface area contributed by atoms with Crippen LogP contribution in [0.1, 0.15) is 64.5 Å². The molecule has 0 aromatic heterocycles. The van der Waals surface area contributed by atoms with E-state index in [0.717, 1.165) is 63.0 Å². The number of rotatable bonds is 8. The van der Waals surface area contributed by atoms with Crippen LogP contribution in [0, 0.1) is 11.8 Å². The average molecular weight is 469 g/mol. The van der Waals surface area contributed by atoms with Crippen molar-refractivity contribution >= 4 is 24.1 Å². The molecule has 3 rings (SSSR count). The lowest BCUT2D eigenvalue weighted by Gasteiger charge is -2.36. The molecule has 0 spiro atoms. The highest BCUT2D eigenvalue weighted by Crippen LogP contribution is 2.30. The quantitative estimate of drug-likeness (QED) is 0.436. The molecular formula is C28H40N2O4. The summed E-state index contributed by atoms with van der Waals surface area (Å²) in [6, 6.07) is 7.63. The van der Waals surface area contributed by atoms with E-state index in [1.54, 1.807) is 12.2 Å². The van der Waals surface area contributed by atoms with Crippen molar-refractivity contribution in [1.29, 1.82) is 0 Å². The van der Waals surface area contributed by atoms with E-state index in [4.69, 9.17) is 9.47 Å². The highest BCUT2D eigenvalue weighted by atomic mass is 16.6. The van der Waals surface area contributed by atoms with Crippen LogP contribution < -0.4 is 10.6 Å². The third-order valence-corrected chi connectivity index (χ3v) is 7.13. The summed E-state index contributed by atoms with van der Waals surface area (Å²) >= 11 is 0. The molecule has 6 heteroatoms. The summed E-state index contributed by atoms with van der Waals surface area (Å²) in [6.45, 7) is 11.9. The Hall–Kier alpha value is -2.44. The number of piperidine rings is 2. The Morgan fingerprint density at radius 3 is 1.35 bits per heavy atom. The average Bonchev–Trinajstić information content (AvgIpc) is 2.83. The van der Waals surface area contributed by atoms with E-state index in [1.807, 2.05) is 52.0 Å². The number of carbonyl (C=O) groups is 2. The summed E-state index contributed by atoms with van der Waals surface area (Å²) < 4.78 is 11.5. The fourth-order valence-electron chi connectivity index (χ4n) is 4.83. The van der Waals surface area contributed by atoms with Crippen LogP contribution >= 0.6 is 0 Å². The van der Waals surface area contributed by atoms with Gasteiger partial charge in [-0.15, -0.1) is 0 Å². The first-order valence-electron chi connectivity index (χ1n) is 12.5. The molecule has 2 saturated heterocycles. The standard InChI is InChI=1S/C28H40N2O4/c1-27(2,23-13-17-29-18-14-23)33-25(31)11-9-21-5-7-22(8-6-21)10-12-26(32)34-28(3,4)24-15-19-30-20-16-24/h5-12,23-24,29-30H,13-20H2,1-4H3/b11-9+,12-10+. The molecule has 186 valence electrons. The lowest BCUT2D eigenvalue weighted by molar-refractivity contribution is -0.157. The highest BCUT2D eigenvalue weighted by Gasteiger charge is 2.34. The largest absolute Gasteiger partial charge is 0.456 e. The van der Waals surface area contributed by atoms with Crippen molar-refractivity contribution in [2.24, 2.45) is 11.8 Å². The zero-order valence-electron chi connectivity index (χ0n) is 21.1. The van der Waals surface area contributed by atoms with Crippen LogP contribution in [0.15, 0.2) is 36.4 Å². The van der Waals surface area contributed by atoms with Gasteiger partial charge in [0, 0.05) is 24.0 Å². The number of hydrogen-bond acceptors (Lipinski definition) is 6. The first-order valence-corrected chi connectivity index (χ1v) is 12.5. The molecule has 2 fully saturated rings. The Morgan fingerprint density at radius 2 is 1.03 bits per heavy atom. The summed E-state index contributed by atoms with van der Waals surface area (Å²) in [7, 11) is 0. The number of ether oxygens (including phenoxy) is 2. The van der Waals surface area contributed by atoms with Crippen LogP contribution in [0.2, 0.25) is 0 Å². The van der Waals surface area contributed by atoms with Gasteiger partial charge in [0.25, 0.3) is 0 Å². The molecule has 0 amide bonds. The Bertz CT molecular complexity index is 801. The van der Waals surface area contributed by atoms with E-state index < -0.39 is 11.2 Å². The van der Waals surface area contributed by atoms with Gasteiger partial charge in [-0.2, -0.15) is 0 Å². The maximum absolute atomic E-state index is 12.4. The number of nitrogens with one attached hydrogen (secondary N) is 2. The molecule has 6 nitrogen and oxygen atoms in total. The maximum Gasteiger partial charge on any atom is 0.331 e. The lowest BCUT2D eigenvalue weighted by atomic mass is 9.83. The Morgan fingerprint density at radius 1 is 0.706 bits per heavy atom. The van der Waals surface area contributed by atoms with Gasteiger partial charge in [0.2, 0.25) is 0 Å². The highest BCUT2D eigenvalue weighted by molar-refractivity contribution is 5.88. The minimum atomic E-state index is -0.477. The Balaban J connectivity index is 1.49. The predicted molar refractivity (Wildman–Crippen MR) is 136 cm³/mol. The van der Waals surface area contributed by atoms with Crippen LogP contribution in [0.3, 0.4) is 0 Å². The zero-order valence-corrected chi connectivity index (χ0v) is 21.1. The molecule has 2 aliphatic heterocycles. The van der Waals surface area contributed by atoms with Crippen molar-refractivity contribution in [2.75, 3.05) is 26.2 Å². The molecule has 2 aliphatic rings. The van der Waals surface area contributed by atoms with Crippen LogP contribution in [-0.4, -0.2) is 49.3 Å². The van der Waals surface area contributed by atoms with Gasteiger partial charge in [-0.25, -0.2) is 9.59 Å². The number of benzene rings is 1. The minimum absolute atomic E-state index is 0.327. The molecule has 0 aliphatic carbocycles. The molecule has 0 saturated carbocycles. The first kappa shape index (κ1) is 26.2. The zero-order chi connectivity index (χ0) is 24.6. The van der Waals surface area contributed by atoms with Gasteiger partial charge in [0.05, 0.1) is 0 Å². The molecule has 34 heavy (non-hydrogen) atoms. The molecule has 0 bridgehead atoms. The van der Waals surface area contributed by atoms with Crippen LogP contribution in [0.4, 0.5) is 0 Å². The summed E-state index contributed by atoms with van der Waals surface area (Å²) in [5.41, 5.74) is 0.830. The van der Waals surface area contributed by atoms with Gasteiger partial charge < -0.3 is 20.1 Å². The predicted octanol–water partition coefficient (Wildman–Crippen LogP) is 4.36. The summed E-state index contributed by atoms with van der Waals surface area (Å²) in [5.74, 6) is 0.0847. The summed E-state index contributed by atoms with van der Waals surface area (Å²) in [5, 5.41) is 6.69. The van der Waals surface area contributed by atoms with Crippen LogP contribution in [0.5, 0.6) is 0 Å². The SMILES string of the molecule is CC(C)(OC(=O)/C=C/c1ccc(/C=C/C(=O)OC(C)(C)C2CCNCC2)cc1)C1CCNCC1. The van der Waals surface area contributed by atoms with Gasteiger partial charge in [0.1, 0.15) is 11.2 Å². The van der Waals surface area contributed by atoms with Crippen molar-refractivity contribution in [1.82, 2.24) is 10.6 Å². The third-order valence-electron chi connectivity index (χ3n) is 7.13.